The van der Waals surface area contributed by atoms with E-state index in [1.807, 2.05) is 0 Å². The van der Waals surface area contributed by atoms with Crippen LogP contribution in [0.4, 0.5) is 0 Å². The Balaban J connectivity index is 2.63. The SMILES string of the molecule is CCC(C)c1nc(CCN)cs1. The maximum absolute atomic E-state index is 5.44. The molecule has 3 heteroatoms. The minimum atomic E-state index is 0.599. The predicted molar refractivity (Wildman–Crippen MR) is 53.6 cm³/mol. The van der Waals surface area contributed by atoms with Crippen molar-refractivity contribution in [2.24, 2.45) is 5.73 Å². The zero-order valence-corrected chi connectivity index (χ0v) is 8.53. The van der Waals surface area contributed by atoms with Crippen molar-refractivity contribution >= 4 is 11.3 Å². The van der Waals surface area contributed by atoms with Crippen LogP contribution in [-0.2, 0) is 6.42 Å². The van der Waals surface area contributed by atoms with Gasteiger partial charge in [0, 0.05) is 17.7 Å². The van der Waals surface area contributed by atoms with Crippen molar-refractivity contribution in [3.63, 3.8) is 0 Å². The van der Waals surface area contributed by atoms with Crippen LogP contribution >= 0.6 is 11.3 Å². The van der Waals surface area contributed by atoms with Crippen molar-refractivity contribution in [2.45, 2.75) is 32.6 Å². The Morgan fingerprint density at radius 2 is 2.42 bits per heavy atom. The predicted octanol–water partition coefficient (Wildman–Crippen LogP) is 2.16. The number of rotatable bonds is 4. The summed E-state index contributed by atoms with van der Waals surface area (Å²) in [6.45, 7) is 5.10. The molecule has 0 fully saturated rings. The topological polar surface area (TPSA) is 38.9 Å². The van der Waals surface area contributed by atoms with Crippen LogP contribution in [0.2, 0.25) is 0 Å². The second-order valence-corrected chi connectivity index (χ2v) is 3.91. The summed E-state index contributed by atoms with van der Waals surface area (Å²) in [5.41, 5.74) is 6.59. The number of hydrogen-bond donors (Lipinski definition) is 1. The maximum Gasteiger partial charge on any atom is 0.0956 e. The van der Waals surface area contributed by atoms with E-state index in [1.165, 1.54) is 5.01 Å². The van der Waals surface area contributed by atoms with Crippen LogP contribution < -0.4 is 5.73 Å². The summed E-state index contributed by atoms with van der Waals surface area (Å²) in [6, 6.07) is 0. The summed E-state index contributed by atoms with van der Waals surface area (Å²) < 4.78 is 0. The molecule has 1 atom stereocenters. The lowest BCUT2D eigenvalue weighted by Crippen LogP contribution is -2.03. The molecule has 12 heavy (non-hydrogen) atoms. The molecule has 0 saturated heterocycles. The van der Waals surface area contributed by atoms with Crippen molar-refractivity contribution in [3.05, 3.63) is 16.1 Å². The Morgan fingerprint density at radius 3 is 3.00 bits per heavy atom. The zero-order valence-electron chi connectivity index (χ0n) is 7.71. The van der Waals surface area contributed by atoms with E-state index in [1.54, 1.807) is 11.3 Å². The summed E-state index contributed by atoms with van der Waals surface area (Å²) in [4.78, 5) is 4.51. The number of thiazole rings is 1. The van der Waals surface area contributed by atoms with Crippen molar-refractivity contribution in [1.29, 1.82) is 0 Å². The maximum atomic E-state index is 5.44. The van der Waals surface area contributed by atoms with Crippen LogP contribution in [0.15, 0.2) is 5.38 Å². The normalized spacial score (nSPS) is 13.2. The molecule has 0 aromatic carbocycles. The molecule has 0 bridgehead atoms. The van der Waals surface area contributed by atoms with Crippen LogP contribution in [0.25, 0.3) is 0 Å². The van der Waals surface area contributed by atoms with Gasteiger partial charge in [-0.3, -0.25) is 0 Å². The Bertz CT molecular complexity index is 232. The number of aromatic nitrogens is 1. The van der Waals surface area contributed by atoms with E-state index >= 15 is 0 Å². The van der Waals surface area contributed by atoms with Gasteiger partial charge >= 0.3 is 0 Å². The molecule has 2 N–H and O–H groups in total. The van der Waals surface area contributed by atoms with Gasteiger partial charge in [0.15, 0.2) is 0 Å². The molecule has 0 aliphatic heterocycles. The van der Waals surface area contributed by atoms with Gasteiger partial charge in [0.05, 0.1) is 10.7 Å². The van der Waals surface area contributed by atoms with Crippen molar-refractivity contribution in [2.75, 3.05) is 6.54 Å². The molecule has 0 aliphatic rings. The highest BCUT2D eigenvalue weighted by Gasteiger charge is 2.07. The van der Waals surface area contributed by atoms with E-state index in [2.05, 4.69) is 24.2 Å². The molecular formula is C9H16N2S. The fourth-order valence-corrected chi connectivity index (χ4v) is 1.98. The van der Waals surface area contributed by atoms with Gasteiger partial charge in [-0.1, -0.05) is 13.8 Å². The number of nitrogens with zero attached hydrogens (tertiary/aromatic N) is 1. The third-order valence-electron chi connectivity index (χ3n) is 2.00. The highest BCUT2D eigenvalue weighted by atomic mass is 32.1. The second kappa shape index (κ2) is 4.58. The summed E-state index contributed by atoms with van der Waals surface area (Å²) in [5.74, 6) is 0.599. The summed E-state index contributed by atoms with van der Waals surface area (Å²) in [7, 11) is 0. The van der Waals surface area contributed by atoms with Gasteiger partial charge in [-0.2, -0.15) is 0 Å². The summed E-state index contributed by atoms with van der Waals surface area (Å²) in [5, 5.41) is 3.37. The Kier molecular flexibility index (Phi) is 3.69. The number of hydrogen-bond acceptors (Lipinski definition) is 3. The minimum absolute atomic E-state index is 0.599. The van der Waals surface area contributed by atoms with E-state index in [9.17, 15) is 0 Å². The molecule has 2 nitrogen and oxygen atoms in total. The Hall–Kier alpha value is -0.410. The highest BCUT2D eigenvalue weighted by Crippen LogP contribution is 2.22. The summed E-state index contributed by atoms with van der Waals surface area (Å²) >= 11 is 1.76. The lowest BCUT2D eigenvalue weighted by atomic mass is 10.1. The molecule has 0 spiro atoms. The fourth-order valence-electron chi connectivity index (χ4n) is 0.986. The van der Waals surface area contributed by atoms with E-state index in [0.29, 0.717) is 12.5 Å². The first-order chi connectivity index (χ1) is 5.77. The average Bonchev–Trinajstić information content (AvgIpc) is 2.52. The first kappa shape index (κ1) is 9.68. The van der Waals surface area contributed by atoms with Crippen LogP contribution in [0.1, 0.15) is 36.9 Å². The van der Waals surface area contributed by atoms with Gasteiger partial charge in [0.25, 0.3) is 0 Å². The van der Waals surface area contributed by atoms with Crippen molar-refractivity contribution in [3.8, 4) is 0 Å². The van der Waals surface area contributed by atoms with Crippen molar-refractivity contribution < 1.29 is 0 Å². The van der Waals surface area contributed by atoms with Gasteiger partial charge in [0.1, 0.15) is 0 Å². The highest BCUT2D eigenvalue weighted by molar-refractivity contribution is 7.09. The molecule has 0 saturated carbocycles. The Morgan fingerprint density at radius 1 is 1.67 bits per heavy atom. The quantitative estimate of drug-likeness (QED) is 0.778. The first-order valence-electron chi connectivity index (χ1n) is 4.42. The fraction of sp³-hybridized carbons (Fsp3) is 0.667. The lowest BCUT2D eigenvalue weighted by molar-refractivity contribution is 0.721. The largest absolute Gasteiger partial charge is 0.330 e. The average molecular weight is 184 g/mol. The molecule has 68 valence electrons. The van der Waals surface area contributed by atoms with Gasteiger partial charge < -0.3 is 5.73 Å². The van der Waals surface area contributed by atoms with Gasteiger partial charge in [-0.15, -0.1) is 11.3 Å². The molecule has 1 unspecified atom stereocenters. The lowest BCUT2D eigenvalue weighted by Gasteiger charge is -2.01. The smallest absolute Gasteiger partial charge is 0.0956 e. The molecule has 0 amide bonds. The molecule has 1 heterocycles. The van der Waals surface area contributed by atoms with E-state index in [4.69, 9.17) is 5.73 Å². The van der Waals surface area contributed by atoms with Crippen molar-refractivity contribution in [1.82, 2.24) is 4.98 Å². The molecule has 0 aliphatic carbocycles. The van der Waals surface area contributed by atoms with Gasteiger partial charge in [0.2, 0.25) is 0 Å². The van der Waals surface area contributed by atoms with Gasteiger partial charge in [-0.05, 0) is 13.0 Å². The Labute approximate surface area is 77.8 Å². The van der Waals surface area contributed by atoms with Crippen LogP contribution in [-0.4, -0.2) is 11.5 Å². The molecule has 0 radical (unpaired) electrons. The molecule has 1 aromatic heterocycles. The number of nitrogens with two attached hydrogens (primary N) is 1. The van der Waals surface area contributed by atoms with E-state index in [-0.39, 0.29) is 0 Å². The molecular weight excluding hydrogens is 168 g/mol. The third-order valence-corrected chi connectivity index (χ3v) is 3.13. The third kappa shape index (κ3) is 2.29. The monoisotopic (exact) mass is 184 g/mol. The molecule has 1 aromatic rings. The minimum Gasteiger partial charge on any atom is -0.330 e. The molecule has 1 rings (SSSR count). The second-order valence-electron chi connectivity index (χ2n) is 3.03. The van der Waals surface area contributed by atoms with Gasteiger partial charge in [-0.25, -0.2) is 4.98 Å². The standard InChI is InChI=1S/C9H16N2S/c1-3-7(2)9-11-8(4-5-10)6-12-9/h6-7H,3-5,10H2,1-2H3. The van der Waals surface area contributed by atoms with Crippen LogP contribution in [0.3, 0.4) is 0 Å². The summed E-state index contributed by atoms with van der Waals surface area (Å²) in [6.07, 6.45) is 2.07. The van der Waals surface area contributed by atoms with E-state index < -0.39 is 0 Å². The van der Waals surface area contributed by atoms with Crippen LogP contribution in [0, 0.1) is 0 Å². The van der Waals surface area contributed by atoms with Crippen LogP contribution in [0.5, 0.6) is 0 Å². The first-order valence-corrected chi connectivity index (χ1v) is 5.30. The van der Waals surface area contributed by atoms with E-state index in [0.717, 1.165) is 18.5 Å². The zero-order chi connectivity index (χ0) is 8.97.